The van der Waals surface area contributed by atoms with Crippen LogP contribution in [0, 0.1) is 5.41 Å². The summed E-state index contributed by atoms with van der Waals surface area (Å²) in [5, 5.41) is 1.20. The molecule has 2 fully saturated rings. The van der Waals surface area contributed by atoms with Crippen molar-refractivity contribution in [1.29, 1.82) is 0 Å². The Hall–Kier alpha value is 0.400. The van der Waals surface area contributed by atoms with E-state index in [1.165, 1.54) is 63.7 Å². The highest BCUT2D eigenvalue weighted by Gasteiger charge is 2.36. The van der Waals surface area contributed by atoms with Gasteiger partial charge in [-0.15, -0.1) is 0 Å². The molecule has 1 aliphatic carbocycles. The average molecular weight is 303 g/mol. The molecule has 2 aliphatic rings. The van der Waals surface area contributed by atoms with Gasteiger partial charge in [0.1, 0.15) is 0 Å². The Morgan fingerprint density at radius 3 is 2.47 bits per heavy atom. The Balaban J connectivity index is 1.87. The Morgan fingerprint density at radius 1 is 1.24 bits per heavy atom. The van der Waals surface area contributed by atoms with Crippen molar-refractivity contribution in [2.75, 3.05) is 38.1 Å². The number of nitrogens with zero attached hydrogens (tertiary/aromatic N) is 2. The smallest absolute Gasteiger partial charge is 0.0195 e. The lowest BCUT2D eigenvalue weighted by atomic mass is 9.87. The molecule has 0 spiro atoms. The highest BCUT2D eigenvalue weighted by molar-refractivity contribution is 9.09. The largest absolute Gasteiger partial charge is 0.300 e. The summed E-state index contributed by atoms with van der Waals surface area (Å²) < 4.78 is 0. The fourth-order valence-electron chi connectivity index (χ4n) is 3.62. The van der Waals surface area contributed by atoms with E-state index in [9.17, 15) is 0 Å². The summed E-state index contributed by atoms with van der Waals surface area (Å²) in [5.74, 6) is 0. The fraction of sp³-hybridized carbons (Fsp3) is 1.00. The minimum atomic E-state index is 0.591. The molecule has 1 heterocycles. The first-order valence-electron chi connectivity index (χ1n) is 7.21. The summed E-state index contributed by atoms with van der Waals surface area (Å²) in [6.45, 7) is 11.0. The van der Waals surface area contributed by atoms with Crippen molar-refractivity contribution < 1.29 is 0 Å². The summed E-state index contributed by atoms with van der Waals surface area (Å²) in [5.41, 5.74) is 0.591. The third kappa shape index (κ3) is 3.24. The van der Waals surface area contributed by atoms with Gasteiger partial charge in [-0.3, -0.25) is 9.80 Å². The van der Waals surface area contributed by atoms with Crippen molar-refractivity contribution in [1.82, 2.24) is 9.80 Å². The third-order valence-electron chi connectivity index (χ3n) is 4.76. The van der Waals surface area contributed by atoms with Crippen molar-refractivity contribution in [2.45, 2.75) is 45.6 Å². The molecule has 0 radical (unpaired) electrons. The number of alkyl halides is 1. The van der Waals surface area contributed by atoms with Gasteiger partial charge >= 0.3 is 0 Å². The molecule has 1 aliphatic heterocycles. The number of hydrogen-bond donors (Lipinski definition) is 0. The summed E-state index contributed by atoms with van der Waals surface area (Å²) in [7, 11) is 0. The van der Waals surface area contributed by atoms with Crippen molar-refractivity contribution in [3.05, 3.63) is 0 Å². The second kappa shape index (κ2) is 6.03. The van der Waals surface area contributed by atoms with E-state index in [1.54, 1.807) is 0 Å². The van der Waals surface area contributed by atoms with Crippen molar-refractivity contribution >= 4 is 15.9 Å². The lowest BCUT2D eigenvalue weighted by molar-refractivity contribution is 0.0610. The van der Waals surface area contributed by atoms with E-state index in [0.29, 0.717) is 5.41 Å². The van der Waals surface area contributed by atoms with Gasteiger partial charge < -0.3 is 0 Å². The SMILES string of the molecule is CCN1CCN(CC2(CBr)CCCC2)CC1C. The quantitative estimate of drug-likeness (QED) is 0.737. The molecule has 1 unspecified atom stereocenters. The molecule has 100 valence electrons. The van der Waals surface area contributed by atoms with E-state index in [4.69, 9.17) is 0 Å². The molecule has 0 aromatic carbocycles. The summed E-state index contributed by atoms with van der Waals surface area (Å²) in [4.78, 5) is 5.31. The van der Waals surface area contributed by atoms with Gasteiger partial charge in [0.05, 0.1) is 0 Å². The second-order valence-corrected chi connectivity index (χ2v) is 6.61. The molecule has 3 heteroatoms. The van der Waals surface area contributed by atoms with E-state index in [2.05, 4.69) is 39.6 Å². The van der Waals surface area contributed by atoms with E-state index in [-0.39, 0.29) is 0 Å². The average Bonchev–Trinajstić information content (AvgIpc) is 2.79. The van der Waals surface area contributed by atoms with Crippen LogP contribution in [-0.4, -0.2) is 53.9 Å². The van der Waals surface area contributed by atoms with Crippen molar-refractivity contribution in [3.8, 4) is 0 Å². The van der Waals surface area contributed by atoms with Crippen LogP contribution in [0.4, 0.5) is 0 Å². The first kappa shape index (κ1) is 13.8. The van der Waals surface area contributed by atoms with Gasteiger partial charge in [0.15, 0.2) is 0 Å². The minimum Gasteiger partial charge on any atom is -0.300 e. The predicted octanol–water partition coefficient (Wildman–Crippen LogP) is 2.97. The van der Waals surface area contributed by atoms with Gasteiger partial charge in [0.25, 0.3) is 0 Å². The van der Waals surface area contributed by atoms with Gasteiger partial charge in [-0.05, 0) is 31.7 Å². The second-order valence-electron chi connectivity index (χ2n) is 6.05. The molecule has 1 saturated carbocycles. The van der Waals surface area contributed by atoms with Crippen LogP contribution in [0.25, 0.3) is 0 Å². The molecule has 1 saturated heterocycles. The van der Waals surface area contributed by atoms with Crippen LogP contribution in [0.1, 0.15) is 39.5 Å². The zero-order chi connectivity index (χ0) is 12.3. The molecule has 0 aromatic heterocycles. The molecule has 17 heavy (non-hydrogen) atoms. The fourth-order valence-corrected chi connectivity index (χ4v) is 4.36. The van der Waals surface area contributed by atoms with E-state index in [1.807, 2.05) is 0 Å². The molecular weight excluding hydrogens is 276 g/mol. The first-order chi connectivity index (χ1) is 8.19. The molecule has 2 nitrogen and oxygen atoms in total. The standard InChI is InChI=1S/C14H27BrN2/c1-3-17-9-8-16(10-13(17)2)12-14(11-15)6-4-5-7-14/h13H,3-12H2,1-2H3. The van der Waals surface area contributed by atoms with E-state index >= 15 is 0 Å². The topological polar surface area (TPSA) is 6.48 Å². The van der Waals surface area contributed by atoms with Crippen LogP contribution in [0.2, 0.25) is 0 Å². The van der Waals surface area contributed by atoms with Crippen LogP contribution in [0.3, 0.4) is 0 Å². The van der Waals surface area contributed by atoms with Crippen molar-refractivity contribution in [2.24, 2.45) is 5.41 Å². The van der Waals surface area contributed by atoms with Gasteiger partial charge in [-0.2, -0.15) is 0 Å². The number of piperazine rings is 1. The number of hydrogen-bond acceptors (Lipinski definition) is 2. The molecule has 2 rings (SSSR count). The zero-order valence-corrected chi connectivity index (χ0v) is 13.0. The number of likely N-dealkylation sites (N-methyl/N-ethyl adjacent to an activating group) is 1. The maximum atomic E-state index is 3.76. The maximum absolute atomic E-state index is 3.76. The lowest BCUT2D eigenvalue weighted by Gasteiger charge is -2.43. The Kier molecular flexibility index (Phi) is 4.90. The van der Waals surface area contributed by atoms with E-state index in [0.717, 1.165) is 6.04 Å². The van der Waals surface area contributed by atoms with Gasteiger partial charge in [0.2, 0.25) is 0 Å². The Labute approximate surface area is 115 Å². The van der Waals surface area contributed by atoms with Crippen molar-refractivity contribution in [3.63, 3.8) is 0 Å². The normalized spacial score (nSPS) is 30.9. The Bertz CT molecular complexity index is 238. The minimum absolute atomic E-state index is 0.591. The molecule has 0 bridgehead atoms. The third-order valence-corrected chi connectivity index (χ3v) is 5.95. The van der Waals surface area contributed by atoms with Crippen LogP contribution >= 0.6 is 15.9 Å². The van der Waals surface area contributed by atoms with Gasteiger partial charge in [-0.1, -0.05) is 35.7 Å². The van der Waals surface area contributed by atoms with Crippen LogP contribution < -0.4 is 0 Å². The van der Waals surface area contributed by atoms with Crippen LogP contribution in [-0.2, 0) is 0 Å². The van der Waals surface area contributed by atoms with Crippen LogP contribution in [0.5, 0.6) is 0 Å². The van der Waals surface area contributed by atoms with E-state index < -0.39 is 0 Å². The highest BCUT2D eigenvalue weighted by atomic mass is 79.9. The molecule has 0 aromatic rings. The van der Waals surface area contributed by atoms with Gasteiger partial charge in [0, 0.05) is 37.6 Å². The number of halogens is 1. The summed E-state index contributed by atoms with van der Waals surface area (Å²) in [6, 6.07) is 0.738. The molecule has 0 N–H and O–H groups in total. The lowest BCUT2D eigenvalue weighted by Crippen LogP contribution is -2.54. The Morgan fingerprint density at radius 2 is 1.94 bits per heavy atom. The predicted molar refractivity (Wildman–Crippen MR) is 77.8 cm³/mol. The maximum Gasteiger partial charge on any atom is 0.0195 e. The van der Waals surface area contributed by atoms with Gasteiger partial charge in [-0.25, -0.2) is 0 Å². The van der Waals surface area contributed by atoms with Crippen LogP contribution in [0.15, 0.2) is 0 Å². The highest BCUT2D eigenvalue weighted by Crippen LogP contribution is 2.40. The zero-order valence-electron chi connectivity index (χ0n) is 11.4. The summed E-state index contributed by atoms with van der Waals surface area (Å²) >= 11 is 3.76. The number of rotatable bonds is 4. The first-order valence-corrected chi connectivity index (χ1v) is 8.33. The molecule has 0 amide bonds. The summed E-state index contributed by atoms with van der Waals surface area (Å²) in [6.07, 6.45) is 5.74. The molecular formula is C14H27BrN2. The monoisotopic (exact) mass is 302 g/mol. The molecule has 1 atom stereocenters.